The van der Waals surface area contributed by atoms with E-state index in [0.717, 1.165) is 37.4 Å². The van der Waals surface area contributed by atoms with E-state index < -0.39 is 0 Å². The van der Waals surface area contributed by atoms with Crippen molar-refractivity contribution < 1.29 is 14.2 Å². The molecule has 0 atom stereocenters. The first kappa shape index (κ1) is 27.1. The topological polar surface area (TPSA) is 53.5 Å². The van der Waals surface area contributed by atoms with Crippen molar-refractivity contribution in [3.05, 3.63) is 36.7 Å². The highest BCUT2D eigenvalue weighted by molar-refractivity contribution is 5.56. The highest BCUT2D eigenvalue weighted by Crippen LogP contribution is 2.21. The van der Waals surface area contributed by atoms with Crippen LogP contribution in [0.5, 0.6) is 11.5 Å². The average molecular weight is 457 g/mol. The molecule has 0 bridgehead atoms. The molecule has 1 aromatic heterocycles. The van der Waals surface area contributed by atoms with Gasteiger partial charge in [0.2, 0.25) is 0 Å². The van der Waals surface area contributed by atoms with Crippen molar-refractivity contribution in [1.82, 2.24) is 9.97 Å². The van der Waals surface area contributed by atoms with Gasteiger partial charge in [0.25, 0.3) is 0 Å². The molecule has 33 heavy (non-hydrogen) atoms. The van der Waals surface area contributed by atoms with Crippen molar-refractivity contribution in [2.45, 2.75) is 90.9 Å². The molecule has 1 aromatic carbocycles. The molecule has 0 aliphatic heterocycles. The fraction of sp³-hybridized carbons (Fsp3) is 0.643. The Morgan fingerprint density at radius 1 is 0.545 bits per heavy atom. The van der Waals surface area contributed by atoms with Crippen LogP contribution in [0.3, 0.4) is 0 Å². The van der Waals surface area contributed by atoms with E-state index in [4.69, 9.17) is 14.2 Å². The molecule has 0 amide bonds. The molecule has 0 radical (unpaired) electrons. The van der Waals surface area contributed by atoms with Crippen LogP contribution in [0, 0.1) is 0 Å². The van der Waals surface area contributed by atoms with E-state index in [1.165, 1.54) is 64.2 Å². The Morgan fingerprint density at radius 2 is 1.09 bits per heavy atom. The summed E-state index contributed by atoms with van der Waals surface area (Å²) in [5, 5.41) is 0. The summed E-state index contributed by atoms with van der Waals surface area (Å²) in [5.74, 6) is 2.25. The second kappa shape index (κ2) is 18.3. The maximum Gasteiger partial charge on any atom is 0.159 e. The predicted molar refractivity (Wildman–Crippen MR) is 136 cm³/mol. The van der Waals surface area contributed by atoms with Crippen LogP contribution in [0.2, 0.25) is 0 Å². The van der Waals surface area contributed by atoms with Gasteiger partial charge in [-0.15, -0.1) is 0 Å². The van der Waals surface area contributed by atoms with Gasteiger partial charge >= 0.3 is 0 Å². The maximum atomic E-state index is 5.89. The first-order valence-electron chi connectivity index (χ1n) is 13.1. The van der Waals surface area contributed by atoms with Gasteiger partial charge in [-0.2, -0.15) is 0 Å². The zero-order valence-electron chi connectivity index (χ0n) is 20.9. The highest BCUT2D eigenvalue weighted by atomic mass is 16.5. The van der Waals surface area contributed by atoms with Crippen LogP contribution in [0.1, 0.15) is 90.9 Å². The third kappa shape index (κ3) is 12.6. The lowest BCUT2D eigenvalue weighted by molar-refractivity contribution is 0.0971. The molecule has 0 saturated carbocycles. The van der Waals surface area contributed by atoms with E-state index in [-0.39, 0.29) is 0 Å². The Balaban J connectivity index is 1.58. The number of hydrogen-bond donors (Lipinski definition) is 0. The molecular formula is C28H44N2O3. The number of unbranched alkanes of at least 4 members (excludes halogenated alkanes) is 10. The van der Waals surface area contributed by atoms with Crippen molar-refractivity contribution in [3.8, 4) is 22.9 Å². The Kier molecular flexibility index (Phi) is 15.0. The van der Waals surface area contributed by atoms with Gasteiger partial charge in [-0.05, 0) is 37.1 Å². The summed E-state index contributed by atoms with van der Waals surface area (Å²) in [6.45, 7) is 7.13. The summed E-state index contributed by atoms with van der Waals surface area (Å²) >= 11 is 0. The maximum absolute atomic E-state index is 5.89. The van der Waals surface area contributed by atoms with Crippen LogP contribution in [0.4, 0.5) is 0 Å². The predicted octanol–water partition coefficient (Wildman–Crippen LogP) is 7.64. The second-order valence-corrected chi connectivity index (χ2v) is 8.61. The van der Waals surface area contributed by atoms with Gasteiger partial charge in [0.15, 0.2) is 11.6 Å². The van der Waals surface area contributed by atoms with E-state index in [9.17, 15) is 0 Å². The summed E-state index contributed by atoms with van der Waals surface area (Å²) in [5.41, 5.74) is 0.969. The monoisotopic (exact) mass is 456 g/mol. The number of aromatic nitrogens is 2. The summed E-state index contributed by atoms with van der Waals surface area (Å²) in [6, 6.07) is 8.00. The molecule has 0 spiro atoms. The van der Waals surface area contributed by atoms with Crippen molar-refractivity contribution in [3.63, 3.8) is 0 Å². The van der Waals surface area contributed by atoms with E-state index in [2.05, 4.69) is 23.8 Å². The zero-order chi connectivity index (χ0) is 23.4. The van der Waals surface area contributed by atoms with Crippen molar-refractivity contribution in [2.75, 3.05) is 26.4 Å². The lowest BCUT2D eigenvalue weighted by Gasteiger charge is -2.08. The van der Waals surface area contributed by atoms with Gasteiger partial charge in [0, 0.05) is 12.2 Å². The second-order valence-electron chi connectivity index (χ2n) is 8.61. The van der Waals surface area contributed by atoms with Crippen molar-refractivity contribution in [1.29, 1.82) is 0 Å². The minimum Gasteiger partial charge on any atom is -0.494 e. The molecule has 5 heteroatoms. The fourth-order valence-corrected chi connectivity index (χ4v) is 3.62. The number of nitrogens with zero attached hydrogens (tertiary/aromatic N) is 2. The van der Waals surface area contributed by atoms with Crippen LogP contribution < -0.4 is 9.47 Å². The van der Waals surface area contributed by atoms with Crippen LogP contribution in [0.25, 0.3) is 11.4 Å². The number of ether oxygens (including phenoxy) is 3. The van der Waals surface area contributed by atoms with Crippen LogP contribution in [-0.2, 0) is 4.74 Å². The van der Waals surface area contributed by atoms with E-state index in [1.54, 1.807) is 12.4 Å². The first-order chi connectivity index (χ1) is 16.3. The smallest absolute Gasteiger partial charge is 0.159 e. The summed E-state index contributed by atoms with van der Waals surface area (Å²) < 4.78 is 17.1. The lowest BCUT2D eigenvalue weighted by Crippen LogP contribution is -2.08. The summed E-state index contributed by atoms with van der Waals surface area (Å²) in [6.07, 6.45) is 18.9. The van der Waals surface area contributed by atoms with Gasteiger partial charge in [-0.1, -0.05) is 78.1 Å². The minimum atomic E-state index is 0.514. The molecule has 0 aliphatic carbocycles. The molecule has 184 valence electrons. The Hall–Kier alpha value is -2.14. The number of benzene rings is 1. The van der Waals surface area contributed by atoms with E-state index in [0.29, 0.717) is 24.8 Å². The van der Waals surface area contributed by atoms with Crippen molar-refractivity contribution in [2.24, 2.45) is 0 Å². The summed E-state index contributed by atoms with van der Waals surface area (Å²) in [7, 11) is 0. The zero-order valence-corrected chi connectivity index (χ0v) is 20.9. The number of hydrogen-bond acceptors (Lipinski definition) is 5. The molecule has 0 N–H and O–H groups in total. The Morgan fingerprint density at radius 3 is 1.76 bits per heavy atom. The molecule has 0 fully saturated rings. The quantitative estimate of drug-likeness (QED) is 0.192. The van der Waals surface area contributed by atoms with Crippen LogP contribution in [-0.4, -0.2) is 36.4 Å². The van der Waals surface area contributed by atoms with E-state index in [1.807, 2.05) is 24.3 Å². The SMILES string of the molecule is CCCCCCCCCCCOc1ccc(-c2ncc(OCCOCCCCC)cn2)cc1. The molecule has 0 aliphatic rings. The molecule has 2 aromatic rings. The van der Waals surface area contributed by atoms with E-state index >= 15 is 0 Å². The largest absolute Gasteiger partial charge is 0.494 e. The van der Waals surface area contributed by atoms with Gasteiger partial charge in [0.05, 0.1) is 25.6 Å². The Labute approximate surface area is 201 Å². The van der Waals surface area contributed by atoms with Gasteiger partial charge in [-0.25, -0.2) is 9.97 Å². The average Bonchev–Trinajstić information content (AvgIpc) is 2.85. The third-order valence-corrected chi connectivity index (χ3v) is 5.65. The molecule has 1 heterocycles. The molecular weight excluding hydrogens is 412 g/mol. The lowest BCUT2D eigenvalue weighted by atomic mass is 10.1. The first-order valence-corrected chi connectivity index (χ1v) is 13.1. The molecule has 0 unspecified atom stereocenters. The fourth-order valence-electron chi connectivity index (χ4n) is 3.62. The highest BCUT2D eigenvalue weighted by Gasteiger charge is 2.03. The van der Waals surface area contributed by atoms with Crippen LogP contribution in [0.15, 0.2) is 36.7 Å². The minimum absolute atomic E-state index is 0.514. The number of rotatable bonds is 20. The third-order valence-electron chi connectivity index (χ3n) is 5.65. The molecule has 2 rings (SSSR count). The van der Waals surface area contributed by atoms with Gasteiger partial charge in [0.1, 0.15) is 12.4 Å². The van der Waals surface area contributed by atoms with Crippen LogP contribution >= 0.6 is 0 Å². The molecule has 5 nitrogen and oxygen atoms in total. The van der Waals surface area contributed by atoms with Crippen molar-refractivity contribution >= 4 is 0 Å². The normalized spacial score (nSPS) is 11.0. The Bertz CT molecular complexity index is 704. The molecule has 0 saturated heterocycles. The summed E-state index contributed by atoms with van der Waals surface area (Å²) in [4.78, 5) is 8.86. The standard InChI is InChI=1S/C28H44N2O3/c1-3-5-7-8-9-10-11-12-14-20-32-26-17-15-25(16-18-26)28-29-23-27(24-30-28)33-22-21-31-19-13-6-4-2/h15-18,23-24H,3-14,19-22H2,1-2H3. The van der Waals surface area contributed by atoms with Gasteiger partial charge < -0.3 is 14.2 Å². The van der Waals surface area contributed by atoms with Gasteiger partial charge in [-0.3, -0.25) is 0 Å².